The van der Waals surface area contributed by atoms with E-state index < -0.39 is 0 Å². The van der Waals surface area contributed by atoms with Crippen molar-refractivity contribution in [3.05, 3.63) is 89.5 Å². The van der Waals surface area contributed by atoms with Gasteiger partial charge < -0.3 is 10.1 Å². The third kappa shape index (κ3) is 6.25. The highest BCUT2D eigenvalue weighted by Crippen LogP contribution is 2.42. The molecule has 3 aromatic carbocycles. The number of carbonyl (C=O) groups is 2. The van der Waals surface area contributed by atoms with Gasteiger partial charge in [-0.3, -0.25) is 14.5 Å². The van der Waals surface area contributed by atoms with Gasteiger partial charge in [-0.25, -0.2) is 0 Å². The molecular weight excluding hydrogens is 456 g/mol. The molecule has 0 unspecified atom stereocenters. The van der Waals surface area contributed by atoms with Crippen LogP contribution in [0, 0.1) is 0 Å². The van der Waals surface area contributed by atoms with Crippen LogP contribution in [0.5, 0.6) is 5.75 Å². The molecular formula is C29H32N2O3S. The number of nitrogens with zero attached hydrogens (tertiary/aromatic N) is 1. The van der Waals surface area contributed by atoms with Gasteiger partial charge >= 0.3 is 0 Å². The summed E-state index contributed by atoms with van der Waals surface area (Å²) in [6, 6.07) is 23.1. The van der Waals surface area contributed by atoms with Crippen LogP contribution in [-0.4, -0.2) is 24.7 Å². The Bertz CT molecular complexity index is 1150. The van der Waals surface area contributed by atoms with E-state index in [2.05, 4.69) is 12.2 Å². The summed E-state index contributed by atoms with van der Waals surface area (Å²) in [6.07, 6.45) is 5.98. The van der Waals surface area contributed by atoms with Gasteiger partial charge in [0, 0.05) is 16.9 Å². The highest BCUT2D eigenvalue weighted by atomic mass is 32.2. The number of amides is 2. The first-order valence-corrected chi connectivity index (χ1v) is 13.2. The lowest BCUT2D eigenvalue weighted by Gasteiger charge is -2.25. The van der Waals surface area contributed by atoms with E-state index in [1.54, 1.807) is 18.9 Å². The maximum absolute atomic E-state index is 12.9. The van der Waals surface area contributed by atoms with E-state index in [1.165, 1.54) is 31.2 Å². The first-order chi connectivity index (χ1) is 17.1. The zero-order valence-corrected chi connectivity index (χ0v) is 21.1. The molecule has 3 aromatic rings. The molecule has 0 bridgehead atoms. The first kappa shape index (κ1) is 24.9. The van der Waals surface area contributed by atoms with E-state index in [0.29, 0.717) is 17.0 Å². The van der Waals surface area contributed by atoms with Gasteiger partial charge in [0.1, 0.15) is 11.1 Å². The lowest BCUT2D eigenvalue weighted by Crippen LogP contribution is -2.27. The number of nitrogens with one attached hydrogen (secondary N) is 1. The van der Waals surface area contributed by atoms with Gasteiger partial charge in [0.05, 0.1) is 12.9 Å². The molecule has 2 amide bonds. The fourth-order valence-electron chi connectivity index (χ4n) is 4.24. The number of methoxy groups -OCH3 is 1. The molecule has 6 heteroatoms. The summed E-state index contributed by atoms with van der Waals surface area (Å²) in [5.41, 5.74) is 4.41. The van der Waals surface area contributed by atoms with Crippen molar-refractivity contribution in [2.24, 2.45) is 0 Å². The van der Waals surface area contributed by atoms with Crippen LogP contribution in [0.4, 0.5) is 11.4 Å². The fraction of sp³-hybridized carbons (Fsp3) is 0.310. The molecule has 0 aromatic heterocycles. The van der Waals surface area contributed by atoms with Crippen molar-refractivity contribution in [2.75, 3.05) is 23.1 Å². The number of hydrogen-bond acceptors (Lipinski definition) is 4. The molecule has 1 fully saturated rings. The molecule has 0 radical (unpaired) electrons. The Labute approximate surface area is 211 Å². The van der Waals surface area contributed by atoms with Gasteiger partial charge in [-0.2, -0.15) is 0 Å². The van der Waals surface area contributed by atoms with Crippen molar-refractivity contribution < 1.29 is 14.3 Å². The first-order valence-electron chi connectivity index (χ1n) is 12.2. The van der Waals surface area contributed by atoms with Crippen molar-refractivity contribution in [2.45, 2.75) is 44.4 Å². The summed E-state index contributed by atoms with van der Waals surface area (Å²) in [4.78, 5) is 27.4. The van der Waals surface area contributed by atoms with Crippen LogP contribution in [0.1, 0.15) is 59.5 Å². The number of aryl methyl sites for hydroxylation is 1. The molecule has 0 aliphatic carbocycles. The molecule has 0 spiro atoms. The predicted molar refractivity (Wildman–Crippen MR) is 144 cm³/mol. The standard InChI is InChI=1S/C29H32N2O3S/c1-3-4-5-6-8-21-11-13-22(14-12-21)28(33)30-24-10-7-9-23(19-24)29-31(27(32)20-35-29)25-15-17-26(34-2)18-16-25/h7,9-19,29H,3-6,8,20H2,1-2H3,(H,30,33)/t29-/m0/s1. The Morgan fingerprint density at radius 1 is 1.03 bits per heavy atom. The summed E-state index contributed by atoms with van der Waals surface area (Å²) in [5.74, 6) is 1.09. The Kier molecular flexibility index (Phi) is 8.48. The Hall–Kier alpha value is -3.25. The minimum atomic E-state index is -0.153. The molecule has 182 valence electrons. The molecule has 1 N–H and O–H groups in total. The number of ether oxygens (including phenoxy) is 1. The smallest absolute Gasteiger partial charge is 0.255 e. The van der Waals surface area contributed by atoms with E-state index in [1.807, 2.05) is 77.7 Å². The van der Waals surface area contributed by atoms with Crippen molar-refractivity contribution in [1.29, 1.82) is 0 Å². The fourth-order valence-corrected chi connectivity index (χ4v) is 5.41. The van der Waals surface area contributed by atoms with Crippen molar-refractivity contribution in [3.63, 3.8) is 0 Å². The normalized spacial score (nSPS) is 15.3. The molecule has 1 heterocycles. The lowest BCUT2D eigenvalue weighted by atomic mass is 10.0. The van der Waals surface area contributed by atoms with Crippen molar-refractivity contribution in [3.8, 4) is 5.75 Å². The van der Waals surface area contributed by atoms with Gasteiger partial charge in [0.15, 0.2) is 0 Å². The third-order valence-electron chi connectivity index (χ3n) is 6.18. The second kappa shape index (κ2) is 11.9. The zero-order valence-electron chi connectivity index (χ0n) is 20.3. The zero-order chi connectivity index (χ0) is 24.6. The minimum Gasteiger partial charge on any atom is -0.497 e. The number of hydrogen-bond donors (Lipinski definition) is 1. The van der Waals surface area contributed by atoms with Crippen LogP contribution in [0.2, 0.25) is 0 Å². The van der Waals surface area contributed by atoms with Crippen molar-refractivity contribution >= 4 is 35.0 Å². The quantitative estimate of drug-likeness (QED) is 0.317. The lowest BCUT2D eigenvalue weighted by molar-refractivity contribution is -0.115. The molecule has 5 nitrogen and oxygen atoms in total. The average molecular weight is 489 g/mol. The second-order valence-corrected chi connectivity index (χ2v) is 9.78. The summed E-state index contributed by atoms with van der Waals surface area (Å²) < 4.78 is 5.24. The molecule has 1 aliphatic heterocycles. The van der Waals surface area contributed by atoms with Gasteiger partial charge in [0.2, 0.25) is 5.91 Å². The second-order valence-electron chi connectivity index (χ2n) is 8.71. The van der Waals surface area contributed by atoms with E-state index in [-0.39, 0.29) is 17.2 Å². The van der Waals surface area contributed by atoms with E-state index in [9.17, 15) is 9.59 Å². The summed E-state index contributed by atoms with van der Waals surface area (Å²) in [5, 5.41) is 2.86. The summed E-state index contributed by atoms with van der Waals surface area (Å²) in [6.45, 7) is 2.21. The SMILES string of the molecule is CCCCCCc1ccc(C(=O)Nc2cccc([C@@H]3SCC(=O)N3c3ccc(OC)cc3)c2)cc1. The number of rotatable bonds is 10. The van der Waals surface area contributed by atoms with Gasteiger partial charge in [0.25, 0.3) is 5.91 Å². The van der Waals surface area contributed by atoms with Crippen LogP contribution in [0.3, 0.4) is 0 Å². The molecule has 1 aliphatic rings. The Morgan fingerprint density at radius 2 is 1.80 bits per heavy atom. The van der Waals surface area contributed by atoms with Crippen LogP contribution in [-0.2, 0) is 11.2 Å². The van der Waals surface area contributed by atoms with Crippen molar-refractivity contribution in [1.82, 2.24) is 0 Å². The number of carbonyl (C=O) groups excluding carboxylic acids is 2. The van der Waals surface area contributed by atoms with Crippen LogP contribution in [0.25, 0.3) is 0 Å². The maximum Gasteiger partial charge on any atom is 0.255 e. The topological polar surface area (TPSA) is 58.6 Å². The predicted octanol–water partition coefficient (Wildman–Crippen LogP) is 6.85. The molecule has 1 atom stereocenters. The van der Waals surface area contributed by atoms with Crippen LogP contribution in [0.15, 0.2) is 72.8 Å². The van der Waals surface area contributed by atoms with Crippen LogP contribution >= 0.6 is 11.8 Å². The monoisotopic (exact) mass is 488 g/mol. The molecule has 4 rings (SSSR count). The minimum absolute atomic E-state index is 0.0642. The largest absolute Gasteiger partial charge is 0.497 e. The van der Waals surface area contributed by atoms with Crippen LogP contribution < -0.4 is 15.0 Å². The van der Waals surface area contributed by atoms with Gasteiger partial charge in [-0.05, 0) is 72.5 Å². The highest BCUT2D eigenvalue weighted by Gasteiger charge is 2.34. The number of anilines is 2. The Morgan fingerprint density at radius 3 is 2.51 bits per heavy atom. The summed E-state index contributed by atoms with van der Waals surface area (Å²) >= 11 is 1.58. The van der Waals surface area contributed by atoms with Gasteiger partial charge in [-0.15, -0.1) is 11.8 Å². The number of benzene rings is 3. The Balaban J connectivity index is 1.43. The molecule has 35 heavy (non-hydrogen) atoms. The summed E-state index contributed by atoms with van der Waals surface area (Å²) in [7, 11) is 1.62. The molecule has 1 saturated heterocycles. The van der Waals surface area contributed by atoms with E-state index >= 15 is 0 Å². The maximum atomic E-state index is 12.9. The van der Waals surface area contributed by atoms with E-state index in [4.69, 9.17) is 4.74 Å². The average Bonchev–Trinajstić information content (AvgIpc) is 3.28. The van der Waals surface area contributed by atoms with E-state index in [0.717, 1.165) is 23.4 Å². The van der Waals surface area contributed by atoms with Gasteiger partial charge in [-0.1, -0.05) is 50.5 Å². The third-order valence-corrected chi connectivity index (χ3v) is 7.40. The number of unbranched alkanes of at least 4 members (excludes halogenated alkanes) is 3. The highest BCUT2D eigenvalue weighted by molar-refractivity contribution is 8.00. The molecule has 0 saturated carbocycles. The number of thioether (sulfide) groups is 1.